The highest BCUT2D eigenvalue weighted by Crippen LogP contribution is 2.06. The summed E-state index contributed by atoms with van der Waals surface area (Å²) in [5, 5.41) is 15.1. The number of anilines is 1. The summed E-state index contributed by atoms with van der Waals surface area (Å²) in [5.41, 5.74) is 0.744. The molecule has 7 nitrogen and oxygen atoms in total. The number of amides is 2. The van der Waals surface area contributed by atoms with Crippen LogP contribution in [-0.4, -0.2) is 44.3 Å². The molecule has 1 aromatic carbocycles. The van der Waals surface area contributed by atoms with E-state index in [1.165, 1.54) is 0 Å². The van der Waals surface area contributed by atoms with E-state index < -0.39 is 0 Å². The third-order valence-corrected chi connectivity index (χ3v) is 3.26. The Bertz CT molecular complexity index is 504. The number of para-hydroxylation sites is 1. The van der Waals surface area contributed by atoms with Crippen LogP contribution in [0.4, 0.5) is 10.5 Å². The summed E-state index contributed by atoms with van der Waals surface area (Å²) in [7, 11) is 1.91. The normalized spacial score (nSPS) is 20.7. The molecule has 0 saturated heterocycles. The topological polar surface area (TPSA) is 89.6 Å². The number of urea groups is 1. The van der Waals surface area contributed by atoms with E-state index in [1.54, 1.807) is 0 Å². The second kappa shape index (κ2) is 8.35. The van der Waals surface area contributed by atoms with Gasteiger partial charge in [0.15, 0.2) is 0 Å². The summed E-state index contributed by atoms with van der Waals surface area (Å²) >= 11 is 0. The van der Waals surface area contributed by atoms with Gasteiger partial charge >= 0.3 is 6.03 Å². The molecule has 22 heavy (non-hydrogen) atoms. The Morgan fingerprint density at radius 3 is 2.77 bits per heavy atom. The highest BCUT2D eigenvalue weighted by molar-refractivity contribution is 6.02. The van der Waals surface area contributed by atoms with Crippen molar-refractivity contribution in [2.24, 2.45) is 4.99 Å². The van der Waals surface area contributed by atoms with Crippen LogP contribution in [0.15, 0.2) is 35.3 Å². The van der Waals surface area contributed by atoms with E-state index in [-0.39, 0.29) is 18.2 Å². The first-order valence-electron chi connectivity index (χ1n) is 7.52. The number of guanidine groups is 1. The van der Waals surface area contributed by atoms with Crippen LogP contribution >= 0.6 is 0 Å². The first-order valence-corrected chi connectivity index (χ1v) is 7.52. The summed E-state index contributed by atoms with van der Waals surface area (Å²) in [4.78, 5) is 16.5. The monoisotopic (exact) mass is 304 g/mol. The van der Waals surface area contributed by atoms with Crippen LogP contribution in [0.1, 0.15) is 13.3 Å². The molecule has 0 aromatic heterocycles. The molecule has 0 spiro atoms. The maximum atomic E-state index is 12.0. The average Bonchev–Trinajstić information content (AvgIpc) is 2.48. The largest absolute Gasteiger partial charge is 0.353 e. The predicted octanol–water partition coefficient (Wildman–Crippen LogP) is 0.681. The zero-order valence-corrected chi connectivity index (χ0v) is 13.0. The Morgan fingerprint density at radius 1 is 1.27 bits per heavy atom. The van der Waals surface area contributed by atoms with E-state index in [9.17, 15) is 4.79 Å². The lowest BCUT2D eigenvalue weighted by atomic mass is 10.1. The molecule has 0 saturated carbocycles. The smallest absolute Gasteiger partial charge is 0.325 e. The van der Waals surface area contributed by atoms with Crippen molar-refractivity contribution in [2.75, 3.05) is 25.5 Å². The Hall–Kier alpha value is -2.12. The molecular formula is C15H24N6O. The first kappa shape index (κ1) is 16.3. The van der Waals surface area contributed by atoms with Crippen LogP contribution in [0.2, 0.25) is 0 Å². The van der Waals surface area contributed by atoms with E-state index in [1.807, 2.05) is 37.4 Å². The molecule has 0 aliphatic carbocycles. The molecule has 2 amide bonds. The van der Waals surface area contributed by atoms with Gasteiger partial charge < -0.3 is 16.0 Å². The lowest BCUT2D eigenvalue weighted by Gasteiger charge is -2.28. The van der Waals surface area contributed by atoms with Gasteiger partial charge in [0.25, 0.3) is 0 Å². The summed E-state index contributed by atoms with van der Waals surface area (Å²) in [6.45, 7) is 3.78. The summed E-state index contributed by atoms with van der Waals surface area (Å²) in [6, 6.07) is 9.25. The molecule has 0 bridgehead atoms. The number of nitrogens with one attached hydrogen (secondary N) is 5. The van der Waals surface area contributed by atoms with Gasteiger partial charge in [0, 0.05) is 31.2 Å². The Labute approximate surface area is 131 Å². The number of benzene rings is 1. The SMILES string of the molecule is CNCCNC1CC(C)NC(NC(=O)Nc2ccccc2)=N1. The molecule has 2 rings (SSSR count). The van der Waals surface area contributed by atoms with Gasteiger partial charge in [-0.3, -0.25) is 10.6 Å². The van der Waals surface area contributed by atoms with E-state index >= 15 is 0 Å². The molecule has 5 N–H and O–H groups in total. The van der Waals surface area contributed by atoms with Crippen molar-refractivity contribution in [1.29, 1.82) is 0 Å². The fourth-order valence-electron chi connectivity index (χ4n) is 2.23. The van der Waals surface area contributed by atoms with Crippen LogP contribution in [0.25, 0.3) is 0 Å². The van der Waals surface area contributed by atoms with Crippen molar-refractivity contribution in [3.8, 4) is 0 Å². The van der Waals surface area contributed by atoms with Crippen molar-refractivity contribution in [2.45, 2.75) is 25.6 Å². The summed E-state index contributed by atoms with van der Waals surface area (Å²) in [5.74, 6) is 0.495. The molecule has 2 atom stereocenters. The number of carbonyl (C=O) groups excluding carboxylic acids is 1. The Balaban J connectivity index is 1.87. The van der Waals surface area contributed by atoms with Gasteiger partial charge in [-0.1, -0.05) is 18.2 Å². The second-order valence-corrected chi connectivity index (χ2v) is 5.28. The van der Waals surface area contributed by atoms with Crippen LogP contribution in [0, 0.1) is 0 Å². The molecule has 2 unspecified atom stereocenters. The molecule has 0 fully saturated rings. The van der Waals surface area contributed by atoms with Crippen LogP contribution in [0.5, 0.6) is 0 Å². The van der Waals surface area contributed by atoms with Gasteiger partial charge in [-0.25, -0.2) is 9.79 Å². The zero-order chi connectivity index (χ0) is 15.8. The van der Waals surface area contributed by atoms with Crippen LogP contribution in [0.3, 0.4) is 0 Å². The van der Waals surface area contributed by atoms with Gasteiger partial charge in [-0.15, -0.1) is 0 Å². The molecule has 0 radical (unpaired) electrons. The van der Waals surface area contributed by atoms with Gasteiger partial charge in [0.2, 0.25) is 5.96 Å². The van der Waals surface area contributed by atoms with Gasteiger partial charge in [-0.05, 0) is 26.1 Å². The molecule has 1 aliphatic rings. The van der Waals surface area contributed by atoms with E-state index in [0.717, 1.165) is 25.2 Å². The lowest BCUT2D eigenvalue weighted by molar-refractivity contribution is 0.255. The maximum Gasteiger partial charge on any atom is 0.325 e. The lowest BCUT2D eigenvalue weighted by Crippen LogP contribution is -2.53. The number of nitrogens with zero attached hydrogens (tertiary/aromatic N) is 1. The number of hydrogen-bond acceptors (Lipinski definition) is 5. The first-order chi connectivity index (χ1) is 10.7. The summed E-state index contributed by atoms with van der Waals surface area (Å²) < 4.78 is 0. The van der Waals surface area contributed by atoms with Crippen molar-refractivity contribution in [3.63, 3.8) is 0 Å². The van der Waals surface area contributed by atoms with Gasteiger partial charge in [-0.2, -0.15) is 0 Å². The van der Waals surface area contributed by atoms with Crippen molar-refractivity contribution in [1.82, 2.24) is 21.3 Å². The fraction of sp³-hybridized carbons (Fsp3) is 0.467. The van der Waals surface area contributed by atoms with Gasteiger partial charge in [0.1, 0.15) is 6.17 Å². The molecule has 7 heteroatoms. The zero-order valence-electron chi connectivity index (χ0n) is 13.0. The molecule has 1 aliphatic heterocycles. The highest BCUT2D eigenvalue weighted by atomic mass is 16.2. The predicted molar refractivity (Wildman–Crippen MR) is 89.0 cm³/mol. The standard InChI is InChI=1S/C15H24N6O/c1-11-10-13(17-9-8-16-2)20-14(18-11)21-15(22)19-12-6-4-3-5-7-12/h3-7,11,13,16-17H,8-10H2,1-2H3,(H3,18,19,20,21,22). The number of hydrogen-bond donors (Lipinski definition) is 5. The van der Waals surface area contributed by atoms with E-state index in [0.29, 0.717) is 5.96 Å². The molecular weight excluding hydrogens is 280 g/mol. The third kappa shape index (κ3) is 5.34. The molecule has 1 aromatic rings. The third-order valence-electron chi connectivity index (χ3n) is 3.26. The highest BCUT2D eigenvalue weighted by Gasteiger charge is 2.20. The van der Waals surface area contributed by atoms with Crippen molar-refractivity contribution >= 4 is 17.7 Å². The minimum Gasteiger partial charge on any atom is -0.353 e. The van der Waals surface area contributed by atoms with Crippen molar-refractivity contribution in [3.05, 3.63) is 30.3 Å². The van der Waals surface area contributed by atoms with E-state index in [2.05, 4.69) is 38.5 Å². The number of rotatable bonds is 5. The van der Waals surface area contributed by atoms with Crippen LogP contribution in [-0.2, 0) is 0 Å². The average molecular weight is 304 g/mol. The Morgan fingerprint density at radius 2 is 2.05 bits per heavy atom. The number of likely N-dealkylation sites (N-methyl/N-ethyl adjacent to an activating group) is 1. The number of aliphatic imine (C=N–C) groups is 1. The summed E-state index contributed by atoms with van der Waals surface area (Å²) in [6.07, 6.45) is 0.895. The van der Waals surface area contributed by atoms with Gasteiger partial charge in [0.05, 0.1) is 0 Å². The van der Waals surface area contributed by atoms with Crippen LogP contribution < -0.4 is 26.6 Å². The minimum absolute atomic E-state index is 0.0108. The fourth-order valence-corrected chi connectivity index (χ4v) is 2.23. The Kier molecular flexibility index (Phi) is 6.17. The second-order valence-electron chi connectivity index (χ2n) is 5.28. The van der Waals surface area contributed by atoms with Crippen molar-refractivity contribution < 1.29 is 4.79 Å². The molecule has 120 valence electrons. The van der Waals surface area contributed by atoms with E-state index in [4.69, 9.17) is 0 Å². The maximum absolute atomic E-state index is 12.0. The minimum atomic E-state index is -0.305. The number of carbonyl (C=O) groups is 1. The quantitative estimate of drug-likeness (QED) is 0.518. The molecule has 1 heterocycles.